The van der Waals surface area contributed by atoms with Gasteiger partial charge in [0.25, 0.3) is 0 Å². The summed E-state index contributed by atoms with van der Waals surface area (Å²) in [5.41, 5.74) is 0.783. The predicted molar refractivity (Wildman–Crippen MR) is 79.0 cm³/mol. The fourth-order valence-corrected chi connectivity index (χ4v) is 1.98. The molecule has 2 aromatic rings. The van der Waals surface area contributed by atoms with Crippen molar-refractivity contribution in [3.05, 3.63) is 38.9 Å². The Morgan fingerprint density at radius 3 is 2.72 bits per heavy atom. The molecule has 2 N–H and O–H groups in total. The summed E-state index contributed by atoms with van der Waals surface area (Å²) in [6, 6.07) is 5.49. The van der Waals surface area contributed by atoms with Crippen molar-refractivity contribution in [3.8, 4) is 0 Å². The van der Waals surface area contributed by atoms with Gasteiger partial charge < -0.3 is 10.6 Å². The maximum Gasteiger partial charge on any atom is 0.224 e. The van der Waals surface area contributed by atoms with Crippen LogP contribution in [0.5, 0.6) is 0 Å². The Morgan fingerprint density at radius 2 is 2.00 bits per heavy atom. The minimum absolute atomic E-state index is 0.431. The molecule has 94 valence electrons. The summed E-state index contributed by atoms with van der Waals surface area (Å²) in [5.74, 6) is 0.999. The number of halogens is 3. The van der Waals surface area contributed by atoms with Crippen LogP contribution >= 0.6 is 39.1 Å². The van der Waals surface area contributed by atoms with Crippen LogP contribution in [0.15, 0.2) is 28.9 Å². The van der Waals surface area contributed by atoms with Gasteiger partial charge in [0.15, 0.2) is 5.82 Å². The van der Waals surface area contributed by atoms with Gasteiger partial charge in [-0.2, -0.15) is 4.98 Å². The number of rotatable bonds is 3. The molecule has 0 aliphatic rings. The zero-order valence-corrected chi connectivity index (χ0v) is 12.4. The summed E-state index contributed by atoms with van der Waals surface area (Å²) in [5, 5.41) is 6.99. The van der Waals surface area contributed by atoms with E-state index in [4.69, 9.17) is 23.2 Å². The fraction of sp³-hybridized carbons (Fsp3) is 0.0909. The molecule has 18 heavy (non-hydrogen) atoms. The zero-order valence-electron chi connectivity index (χ0n) is 9.34. The first kappa shape index (κ1) is 13.4. The topological polar surface area (TPSA) is 49.8 Å². The van der Waals surface area contributed by atoms with Gasteiger partial charge in [-0.15, -0.1) is 0 Å². The van der Waals surface area contributed by atoms with Gasteiger partial charge in [-0.3, -0.25) is 0 Å². The van der Waals surface area contributed by atoms with E-state index in [2.05, 4.69) is 36.5 Å². The summed E-state index contributed by atoms with van der Waals surface area (Å²) in [6.45, 7) is 0. The molecule has 0 bridgehead atoms. The standard InChI is InChI=1S/C11H9BrCl2N4/c1-15-11-16-5-7(14)10(18-11)17-8-4-2-3-6(13)9(8)12/h2-5H,1H3,(H2,15,16,17,18). The summed E-state index contributed by atoms with van der Waals surface area (Å²) in [7, 11) is 1.74. The zero-order chi connectivity index (χ0) is 13.1. The van der Waals surface area contributed by atoms with E-state index >= 15 is 0 Å². The number of hydrogen-bond donors (Lipinski definition) is 2. The molecule has 0 saturated heterocycles. The van der Waals surface area contributed by atoms with Crippen molar-refractivity contribution in [1.29, 1.82) is 0 Å². The van der Waals surface area contributed by atoms with Crippen LogP contribution in [-0.2, 0) is 0 Å². The lowest BCUT2D eigenvalue weighted by atomic mass is 10.3. The Balaban J connectivity index is 2.36. The number of nitrogens with zero attached hydrogens (tertiary/aromatic N) is 2. The van der Waals surface area contributed by atoms with Gasteiger partial charge in [0.2, 0.25) is 5.95 Å². The van der Waals surface area contributed by atoms with Crippen molar-refractivity contribution in [3.63, 3.8) is 0 Å². The SMILES string of the molecule is CNc1ncc(Cl)c(Nc2cccc(Cl)c2Br)n1. The smallest absolute Gasteiger partial charge is 0.224 e. The monoisotopic (exact) mass is 346 g/mol. The lowest BCUT2D eigenvalue weighted by Gasteiger charge is -2.10. The minimum atomic E-state index is 0.431. The summed E-state index contributed by atoms with van der Waals surface area (Å²) in [6.07, 6.45) is 1.53. The first-order valence-corrected chi connectivity index (χ1v) is 6.58. The fourth-order valence-electron chi connectivity index (χ4n) is 1.30. The number of aromatic nitrogens is 2. The van der Waals surface area contributed by atoms with Gasteiger partial charge in [-0.05, 0) is 28.1 Å². The Morgan fingerprint density at radius 1 is 1.22 bits per heavy atom. The van der Waals surface area contributed by atoms with Crippen LogP contribution in [-0.4, -0.2) is 17.0 Å². The largest absolute Gasteiger partial charge is 0.357 e. The maximum absolute atomic E-state index is 6.03. The third-order valence-electron chi connectivity index (χ3n) is 2.17. The molecule has 0 spiro atoms. The Labute approximate surface area is 123 Å². The van der Waals surface area contributed by atoms with Crippen LogP contribution in [0.2, 0.25) is 10.0 Å². The molecule has 0 aliphatic carbocycles. The van der Waals surface area contributed by atoms with Crippen LogP contribution in [0, 0.1) is 0 Å². The molecule has 7 heteroatoms. The molecule has 0 unspecified atom stereocenters. The van der Waals surface area contributed by atoms with Gasteiger partial charge in [-0.25, -0.2) is 4.98 Å². The molecular formula is C11H9BrCl2N4. The van der Waals surface area contributed by atoms with E-state index in [0.29, 0.717) is 21.8 Å². The van der Waals surface area contributed by atoms with Crippen molar-refractivity contribution in [2.24, 2.45) is 0 Å². The van der Waals surface area contributed by atoms with Crippen molar-refractivity contribution < 1.29 is 0 Å². The number of anilines is 3. The summed E-state index contributed by atoms with van der Waals surface area (Å²) >= 11 is 15.4. The molecule has 0 atom stereocenters. The molecule has 0 saturated carbocycles. The van der Waals surface area contributed by atoms with Crippen LogP contribution in [0.25, 0.3) is 0 Å². The molecule has 1 heterocycles. The first-order valence-electron chi connectivity index (χ1n) is 5.03. The minimum Gasteiger partial charge on any atom is -0.357 e. The average Bonchev–Trinajstić information content (AvgIpc) is 2.37. The molecule has 0 amide bonds. The van der Waals surface area contributed by atoms with E-state index in [9.17, 15) is 0 Å². The van der Waals surface area contributed by atoms with E-state index in [1.807, 2.05) is 12.1 Å². The van der Waals surface area contributed by atoms with E-state index in [1.165, 1.54) is 6.20 Å². The molecule has 1 aromatic carbocycles. The van der Waals surface area contributed by atoms with Gasteiger partial charge in [0, 0.05) is 7.05 Å². The van der Waals surface area contributed by atoms with Crippen LogP contribution < -0.4 is 10.6 Å². The highest BCUT2D eigenvalue weighted by molar-refractivity contribution is 9.10. The van der Waals surface area contributed by atoms with Gasteiger partial charge in [-0.1, -0.05) is 29.3 Å². The van der Waals surface area contributed by atoms with Gasteiger partial charge >= 0.3 is 0 Å². The predicted octanol–water partition coefficient (Wildman–Crippen LogP) is 4.33. The Bertz CT molecular complexity index is 577. The van der Waals surface area contributed by atoms with E-state index < -0.39 is 0 Å². The number of benzene rings is 1. The second-order valence-electron chi connectivity index (χ2n) is 3.37. The summed E-state index contributed by atoms with van der Waals surface area (Å²) < 4.78 is 0.757. The van der Waals surface area contributed by atoms with Gasteiger partial charge in [0.1, 0.15) is 5.02 Å². The number of hydrogen-bond acceptors (Lipinski definition) is 4. The average molecular weight is 348 g/mol. The second kappa shape index (κ2) is 5.73. The Kier molecular flexibility index (Phi) is 4.27. The van der Waals surface area contributed by atoms with Crippen LogP contribution in [0.1, 0.15) is 0 Å². The Hall–Kier alpha value is -1.04. The van der Waals surface area contributed by atoms with E-state index in [0.717, 1.165) is 10.2 Å². The van der Waals surface area contributed by atoms with Crippen LogP contribution in [0.4, 0.5) is 17.5 Å². The third kappa shape index (κ3) is 2.85. The van der Waals surface area contributed by atoms with E-state index in [1.54, 1.807) is 13.1 Å². The molecule has 0 fully saturated rings. The molecular weight excluding hydrogens is 339 g/mol. The van der Waals surface area contributed by atoms with Crippen molar-refractivity contribution in [1.82, 2.24) is 9.97 Å². The van der Waals surface area contributed by atoms with Crippen molar-refractivity contribution in [2.45, 2.75) is 0 Å². The van der Waals surface area contributed by atoms with Crippen molar-refractivity contribution >= 4 is 56.6 Å². The molecule has 0 aliphatic heterocycles. The highest BCUT2D eigenvalue weighted by Gasteiger charge is 2.08. The molecule has 1 aromatic heterocycles. The second-order valence-corrected chi connectivity index (χ2v) is 4.97. The normalized spacial score (nSPS) is 10.2. The van der Waals surface area contributed by atoms with Crippen LogP contribution in [0.3, 0.4) is 0 Å². The number of nitrogens with one attached hydrogen (secondary N) is 2. The lowest BCUT2D eigenvalue weighted by Crippen LogP contribution is -2.01. The molecule has 4 nitrogen and oxygen atoms in total. The van der Waals surface area contributed by atoms with Gasteiger partial charge in [0.05, 0.1) is 21.4 Å². The maximum atomic E-state index is 6.03. The first-order chi connectivity index (χ1) is 8.61. The highest BCUT2D eigenvalue weighted by atomic mass is 79.9. The molecule has 0 radical (unpaired) electrons. The third-order valence-corrected chi connectivity index (χ3v) is 3.85. The van der Waals surface area contributed by atoms with Crippen molar-refractivity contribution in [2.75, 3.05) is 17.7 Å². The lowest BCUT2D eigenvalue weighted by molar-refractivity contribution is 1.15. The quantitative estimate of drug-likeness (QED) is 0.867. The summed E-state index contributed by atoms with van der Waals surface area (Å²) in [4.78, 5) is 8.23. The highest BCUT2D eigenvalue weighted by Crippen LogP contribution is 2.33. The molecule has 2 rings (SSSR count). The van der Waals surface area contributed by atoms with E-state index in [-0.39, 0.29) is 0 Å².